The number of hydrogen-bond acceptors (Lipinski definition) is 7. The molecule has 0 radical (unpaired) electrons. The van der Waals surface area contributed by atoms with Crippen LogP contribution >= 0.6 is 22.7 Å². The van der Waals surface area contributed by atoms with Crippen LogP contribution in [0.4, 0.5) is 21.6 Å². The van der Waals surface area contributed by atoms with E-state index in [1.807, 2.05) is 24.3 Å². The topological polar surface area (TPSA) is 78.4 Å². The highest BCUT2D eigenvalue weighted by atomic mass is 32.1. The first kappa shape index (κ1) is 17.2. The lowest BCUT2D eigenvalue weighted by molar-refractivity contribution is 0.0691. The van der Waals surface area contributed by atoms with Gasteiger partial charge in [-0.3, -0.25) is 0 Å². The van der Waals surface area contributed by atoms with E-state index in [1.54, 1.807) is 16.7 Å². The number of aryl methyl sites for hydroxylation is 1. The van der Waals surface area contributed by atoms with Crippen LogP contribution in [0.1, 0.15) is 22.5 Å². The summed E-state index contributed by atoms with van der Waals surface area (Å²) in [5.41, 5.74) is 4.42. The van der Waals surface area contributed by atoms with Crippen LogP contribution in [-0.4, -0.2) is 27.6 Å². The lowest BCUT2D eigenvalue weighted by atomic mass is 10.0. The summed E-state index contributed by atoms with van der Waals surface area (Å²) >= 11 is 3.00. The van der Waals surface area contributed by atoms with Gasteiger partial charge >= 0.3 is 5.97 Å². The molecule has 0 bridgehead atoms. The normalized spacial score (nSPS) is 13.5. The second kappa shape index (κ2) is 6.88. The minimum absolute atomic E-state index is 0.0984. The van der Waals surface area contributed by atoms with Crippen LogP contribution in [0.2, 0.25) is 0 Å². The van der Waals surface area contributed by atoms with Gasteiger partial charge in [0.2, 0.25) is 0 Å². The molecular weight excluding hydrogens is 392 g/mol. The van der Waals surface area contributed by atoms with E-state index in [-0.39, 0.29) is 5.69 Å². The number of para-hydroxylation sites is 1. The number of nitrogens with zero attached hydrogens (tertiary/aromatic N) is 3. The van der Waals surface area contributed by atoms with Gasteiger partial charge < -0.3 is 15.3 Å². The van der Waals surface area contributed by atoms with Gasteiger partial charge in [0, 0.05) is 23.3 Å². The van der Waals surface area contributed by atoms with Crippen molar-refractivity contribution < 1.29 is 9.90 Å². The molecule has 0 saturated heterocycles. The molecule has 0 spiro atoms. The van der Waals surface area contributed by atoms with Crippen LogP contribution in [0.25, 0.3) is 10.2 Å². The van der Waals surface area contributed by atoms with Crippen LogP contribution in [-0.2, 0) is 6.42 Å². The largest absolute Gasteiger partial charge is 0.476 e. The second-order valence-electron chi connectivity index (χ2n) is 6.53. The fourth-order valence-electron chi connectivity index (χ4n) is 3.41. The number of benzene rings is 2. The molecule has 1 aliphatic heterocycles. The molecule has 6 nitrogen and oxygen atoms in total. The summed E-state index contributed by atoms with van der Waals surface area (Å²) in [6.07, 6.45) is 1.98. The summed E-state index contributed by atoms with van der Waals surface area (Å²) in [6, 6.07) is 14.4. The van der Waals surface area contributed by atoms with Crippen molar-refractivity contribution in [3.63, 3.8) is 0 Å². The molecule has 28 heavy (non-hydrogen) atoms. The Labute approximate surface area is 169 Å². The first-order chi connectivity index (χ1) is 13.7. The molecule has 0 aliphatic carbocycles. The van der Waals surface area contributed by atoms with Gasteiger partial charge in [0.15, 0.2) is 16.0 Å². The Hall–Kier alpha value is -2.97. The van der Waals surface area contributed by atoms with E-state index in [9.17, 15) is 4.79 Å². The van der Waals surface area contributed by atoms with Crippen molar-refractivity contribution in [2.45, 2.75) is 12.8 Å². The molecule has 0 saturated carbocycles. The van der Waals surface area contributed by atoms with E-state index in [1.165, 1.54) is 16.9 Å². The highest BCUT2D eigenvalue weighted by Crippen LogP contribution is 2.37. The molecule has 1 aliphatic rings. The zero-order chi connectivity index (χ0) is 19.1. The van der Waals surface area contributed by atoms with E-state index >= 15 is 0 Å². The monoisotopic (exact) mass is 408 g/mol. The van der Waals surface area contributed by atoms with Crippen LogP contribution in [0, 0.1) is 0 Å². The van der Waals surface area contributed by atoms with Crippen molar-refractivity contribution in [2.75, 3.05) is 16.8 Å². The lowest BCUT2D eigenvalue weighted by Gasteiger charge is -2.29. The summed E-state index contributed by atoms with van der Waals surface area (Å²) in [4.78, 5) is 22.1. The second-order valence-corrected chi connectivity index (χ2v) is 8.40. The summed E-state index contributed by atoms with van der Waals surface area (Å²) in [6.45, 7) is 0.838. The Morgan fingerprint density at radius 3 is 2.89 bits per heavy atom. The Morgan fingerprint density at radius 2 is 2.07 bits per heavy atom. The first-order valence-corrected chi connectivity index (χ1v) is 10.6. The minimum atomic E-state index is -0.991. The van der Waals surface area contributed by atoms with Crippen LogP contribution in [0.15, 0.2) is 47.8 Å². The van der Waals surface area contributed by atoms with Gasteiger partial charge in [-0.2, -0.15) is 0 Å². The number of aromatic nitrogens is 2. The quantitative estimate of drug-likeness (QED) is 0.478. The number of fused-ring (bicyclic) bond motifs is 2. The van der Waals surface area contributed by atoms with Crippen molar-refractivity contribution in [3.8, 4) is 0 Å². The van der Waals surface area contributed by atoms with Crippen molar-refractivity contribution in [2.24, 2.45) is 0 Å². The molecule has 0 unspecified atom stereocenters. The highest BCUT2D eigenvalue weighted by Gasteiger charge is 2.22. The van der Waals surface area contributed by atoms with E-state index in [0.29, 0.717) is 0 Å². The zero-order valence-electron chi connectivity index (χ0n) is 14.8. The van der Waals surface area contributed by atoms with Gasteiger partial charge in [-0.1, -0.05) is 23.5 Å². The van der Waals surface area contributed by atoms with Crippen molar-refractivity contribution >= 4 is 60.5 Å². The number of nitrogens with one attached hydrogen (secondary N) is 1. The molecule has 0 fully saturated rings. The maximum atomic E-state index is 11.1. The Kier molecular flexibility index (Phi) is 4.22. The van der Waals surface area contributed by atoms with Gasteiger partial charge in [0.1, 0.15) is 0 Å². The molecule has 3 heterocycles. The Morgan fingerprint density at radius 1 is 1.18 bits per heavy atom. The fraction of sp³-hybridized carbons (Fsp3) is 0.150. The number of aromatic carboxylic acids is 1. The van der Waals surface area contributed by atoms with Crippen LogP contribution in [0.3, 0.4) is 0 Å². The number of rotatable bonds is 4. The molecule has 0 amide bonds. The lowest BCUT2D eigenvalue weighted by Crippen LogP contribution is -2.24. The number of thiazole rings is 2. The van der Waals surface area contributed by atoms with Gasteiger partial charge in [-0.05, 0) is 48.7 Å². The third-order valence-electron chi connectivity index (χ3n) is 4.69. The third-order valence-corrected chi connectivity index (χ3v) is 6.50. The van der Waals surface area contributed by atoms with Crippen molar-refractivity contribution in [1.29, 1.82) is 0 Å². The van der Waals surface area contributed by atoms with Gasteiger partial charge in [0.25, 0.3) is 0 Å². The Bertz CT molecular complexity index is 1150. The molecule has 0 atom stereocenters. The number of carbonyl (C=O) groups is 1. The number of hydrogen-bond donors (Lipinski definition) is 2. The molecule has 140 valence electrons. The van der Waals surface area contributed by atoms with Gasteiger partial charge in [-0.25, -0.2) is 14.8 Å². The van der Waals surface area contributed by atoms with Crippen molar-refractivity contribution in [1.82, 2.24) is 9.97 Å². The van der Waals surface area contributed by atoms with E-state index in [4.69, 9.17) is 5.11 Å². The maximum absolute atomic E-state index is 11.1. The van der Waals surface area contributed by atoms with E-state index in [2.05, 4.69) is 38.4 Å². The maximum Gasteiger partial charge on any atom is 0.355 e. The Balaban J connectivity index is 1.43. The molecule has 5 rings (SSSR count). The standard InChI is InChI=1S/C20H16N4O2S2/c25-18(26)15-11-27-20(23-15)24-9-3-4-12-10-13(7-8-16(12)24)21-19-22-14-5-1-2-6-17(14)28-19/h1-2,5-8,10-11H,3-4,9H2,(H,21,22)(H,25,26). The number of carboxylic acids is 1. The van der Waals surface area contributed by atoms with Gasteiger partial charge in [-0.15, -0.1) is 11.3 Å². The summed E-state index contributed by atoms with van der Waals surface area (Å²) in [7, 11) is 0. The molecule has 2 aromatic carbocycles. The highest BCUT2D eigenvalue weighted by molar-refractivity contribution is 7.22. The fourth-order valence-corrected chi connectivity index (χ4v) is 5.13. The van der Waals surface area contributed by atoms with Crippen LogP contribution < -0.4 is 10.2 Å². The molecular formula is C20H16N4O2S2. The van der Waals surface area contributed by atoms with Gasteiger partial charge in [0.05, 0.1) is 10.2 Å². The average Bonchev–Trinajstić information content (AvgIpc) is 3.34. The third kappa shape index (κ3) is 3.10. The van der Waals surface area contributed by atoms with E-state index < -0.39 is 5.97 Å². The summed E-state index contributed by atoms with van der Waals surface area (Å²) < 4.78 is 1.16. The molecule has 2 N–H and O–H groups in total. The smallest absolute Gasteiger partial charge is 0.355 e. The molecule has 8 heteroatoms. The van der Waals surface area contributed by atoms with E-state index in [0.717, 1.165) is 51.2 Å². The minimum Gasteiger partial charge on any atom is -0.476 e. The number of carboxylic acid groups (broad SMARTS) is 1. The van der Waals surface area contributed by atoms with Crippen molar-refractivity contribution in [3.05, 3.63) is 59.1 Å². The zero-order valence-corrected chi connectivity index (χ0v) is 16.4. The summed E-state index contributed by atoms with van der Waals surface area (Å²) in [5, 5.41) is 15.7. The molecule has 4 aromatic rings. The first-order valence-electron chi connectivity index (χ1n) is 8.89. The van der Waals surface area contributed by atoms with Crippen LogP contribution in [0.5, 0.6) is 0 Å². The predicted molar refractivity (Wildman–Crippen MR) is 114 cm³/mol. The number of anilines is 4. The SMILES string of the molecule is O=C(O)c1csc(N2CCCc3cc(Nc4nc5ccccc5s4)ccc32)n1. The molecule has 2 aromatic heterocycles. The predicted octanol–water partition coefficient (Wildman–Crippen LogP) is 5.28. The average molecular weight is 409 g/mol. The summed E-state index contributed by atoms with van der Waals surface area (Å²) in [5.74, 6) is -0.991.